The normalized spacial score (nSPS) is 23.9. The smallest absolute Gasteiger partial charge is 0.278 e. The van der Waals surface area contributed by atoms with Gasteiger partial charge in [0.15, 0.2) is 21.3 Å². The Morgan fingerprint density at radius 1 is 1.18 bits per heavy atom. The molecule has 0 radical (unpaired) electrons. The lowest BCUT2D eigenvalue weighted by Gasteiger charge is -2.33. The maximum atomic E-state index is 14.7. The molecule has 40 heavy (non-hydrogen) atoms. The molecule has 3 aliphatic rings. The molecule has 2 fully saturated rings. The van der Waals surface area contributed by atoms with Gasteiger partial charge in [-0.2, -0.15) is 5.26 Å². The van der Waals surface area contributed by atoms with Gasteiger partial charge in [0.05, 0.1) is 27.8 Å². The first-order chi connectivity index (χ1) is 19.1. The van der Waals surface area contributed by atoms with Crippen molar-refractivity contribution in [1.82, 2.24) is 9.88 Å². The van der Waals surface area contributed by atoms with Crippen molar-refractivity contribution in [1.29, 1.82) is 5.26 Å². The summed E-state index contributed by atoms with van der Waals surface area (Å²) < 4.78 is 51.5. The summed E-state index contributed by atoms with van der Waals surface area (Å²) >= 11 is 5.95. The van der Waals surface area contributed by atoms with E-state index in [0.717, 1.165) is 42.8 Å². The van der Waals surface area contributed by atoms with Crippen molar-refractivity contribution in [3.8, 4) is 17.6 Å². The van der Waals surface area contributed by atoms with Crippen molar-refractivity contribution in [2.75, 3.05) is 18.8 Å². The van der Waals surface area contributed by atoms with Gasteiger partial charge >= 0.3 is 0 Å². The van der Waals surface area contributed by atoms with Crippen LogP contribution >= 0.6 is 11.6 Å². The second-order valence-electron chi connectivity index (χ2n) is 10.9. The van der Waals surface area contributed by atoms with Gasteiger partial charge in [-0.3, -0.25) is 9.88 Å². The number of para-hydroxylation sites is 1. The van der Waals surface area contributed by atoms with Crippen molar-refractivity contribution in [3.63, 3.8) is 0 Å². The van der Waals surface area contributed by atoms with Gasteiger partial charge in [-0.25, -0.2) is 12.8 Å². The number of ether oxygens (including phenoxy) is 2. The van der Waals surface area contributed by atoms with Gasteiger partial charge in [0.25, 0.3) is 5.79 Å². The molecule has 0 saturated carbocycles. The molecule has 3 aromatic rings. The first-order valence-corrected chi connectivity index (χ1v) is 15.5. The minimum atomic E-state index is -3.04. The first-order valence-electron chi connectivity index (χ1n) is 13.4. The number of aromatic nitrogens is 1. The van der Waals surface area contributed by atoms with E-state index >= 15 is 0 Å². The summed E-state index contributed by atoms with van der Waals surface area (Å²) in [5.41, 5.74) is 3.45. The molecule has 4 heterocycles. The molecule has 2 atom stereocenters. The maximum absolute atomic E-state index is 14.7. The molecule has 0 amide bonds. The fourth-order valence-electron chi connectivity index (χ4n) is 5.92. The lowest BCUT2D eigenvalue weighted by molar-refractivity contribution is -0.0712. The molecule has 0 N–H and O–H groups in total. The highest BCUT2D eigenvalue weighted by atomic mass is 35.5. The summed E-state index contributed by atoms with van der Waals surface area (Å²) in [6, 6.07) is 14.2. The Kier molecular flexibility index (Phi) is 6.97. The standard InChI is InChI=1S/C30H29ClFN3O4S/c1-30(25-6-5-22(31)15-26(25)32)38-28-4-2-3-24(29(28)39-30)20-7-10-35(11-8-20)18-27-21(13-19(16-33)17-34-27)14-23-9-12-40(23,36)37/h2-6,13,15,17,20,23H,7-12,14,18H2,1H3/t23?,30-/m0/s1. The van der Waals surface area contributed by atoms with Gasteiger partial charge in [-0.1, -0.05) is 23.7 Å². The van der Waals surface area contributed by atoms with E-state index in [1.165, 1.54) is 6.07 Å². The van der Waals surface area contributed by atoms with Crippen LogP contribution in [-0.2, 0) is 28.6 Å². The zero-order chi connectivity index (χ0) is 28.1. The van der Waals surface area contributed by atoms with E-state index in [4.69, 9.17) is 21.1 Å². The molecule has 2 saturated heterocycles. The number of benzene rings is 2. The highest BCUT2D eigenvalue weighted by Crippen LogP contribution is 2.49. The zero-order valence-corrected chi connectivity index (χ0v) is 23.6. The monoisotopic (exact) mass is 581 g/mol. The number of nitriles is 1. The minimum absolute atomic E-state index is 0.234. The third kappa shape index (κ3) is 5.05. The Morgan fingerprint density at radius 3 is 2.65 bits per heavy atom. The van der Waals surface area contributed by atoms with E-state index in [2.05, 4.69) is 16.0 Å². The summed E-state index contributed by atoms with van der Waals surface area (Å²) in [5, 5.41) is 9.27. The number of piperidine rings is 1. The van der Waals surface area contributed by atoms with Crippen LogP contribution in [0.1, 0.15) is 60.1 Å². The molecule has 0 spiro atoms. The fourth-order valence-corrected chi connectivity index (χ4v) is 7.47. The summed E-state index contributed by atoms with van der Waals surface area (Å²) in [6.07, 6.45) is 4.38. The van der Waals surface area contributed by atoms with Crippen molar-refractivity contribution in [3.05, 3.63) is 87.4 Å². The van der Waals surface area contributed by atoms with Gasteiger partial charge in [-0.15, -0.1) is 0 Å². The van der Waals surface area contributed by atoms with E-state index in [9.17, 15) is 18.1 Å². The van der Waals surface area contributed by atoms with Crippen molar-refractivity contribution in [2.24, 2.45) is 0 Å². The number of fused-ring (bicyclic) bond motifs is 1. The van der Waals surface area contributed by atoms with Crippen molar-refractivity contribution < 1.29 is 22.3 Å². The van der Waals surface area contributed by atoms with Gasteiger partial charge in [-0.05, 0) is 80.6 Å². The molecule has 6 rings (SSSR count). The van der Waals surface area contributed by atoms with Crippen LogP contribution in [-0.4, -0.2) is 42.4 Å². The van der Waals surface area contributed by atoms with Crippen LogP contribution in [0.2, 0.25) is 5.02 Å². The lowest BCUT2D eigenvalue weighted by Crippen LogP contribution is -2.39. The Balaban J connectivity index is 1.15. The number of likely N-dealkylation sites (tertiary alicyclic amines) is 1. The van der Waals surface area contributed by atoms with E-state index in [0.29, 0.717) is 41.5 Å². The molecule has 10 heteroatoms. The van der Waals surface area contributed by atoms with Crippen LogP contribution in [0.3, 0.4) is 0 Å². The molecule has 208 valence electrons. The Labute approximate surface area is 238 Å². The highest BCUT2D eigenvalue weighted by molar-refractivity contribution is 7.93. The number of rotatable bonds is 6. The van der Waals surface area contributed by atoms with Crippen LogP contribution in [0, 0.1) is 17.1 Å². The Morgan fingerprint density at radius 2 is 1.98 bits per heavy atom. The van der Waals surface area contributed by atoms with Gasteiger partial charge in [0, 0.05) is 30.3 Å². The molecular weight excluding hydrogens is 553 g/mol. The largest absolute Gasteiger partial charge is 0.444 e. The minimum Gasteiger partial charge on any atom is -0.444 e. The molecule has 0 bridgehead atoms. The molecule has 1 aromatic heterocycles. The predicted octanol–water partition coefficient (Wildman–Crippen LogP) is 5.50. The van der Waals surface area contributed by atoms with E-state index in [1.807, 2.05) is 18.2 Å². The van der Waals surface area contributed by atoms with Gasteiger partial charge in [0.1, 0.15) is 11.9 Å². The molecule has 2 aromatic carbocycles. The summed E-state index contributed by atoms with van der Waals surface area (Å²) in [5.74, 6) is -0.0643. The second kappa shape index (κ2) is 10.3. The molecule has 1 unspecified atom stereocenters. The van der Waals surface area contributed by atoms with Crippen LogP contribution in [0.4, 0.5) is 4.39 Å². The van der Waals surface area contributed by atoms with Crippen molar-refractivity contribution in [2.45, 2.75) is 56.1 Å². The summed E-state index contributed by atoms with van der Waals surface area (Å²) in [4.78, 5) is 6.87. The number of sulfone groups is 1. The molecule has 3 aliphatic heterocycles. The quantitative estimate of drug-likeness (QED) is 0.379. The molecular formula is C30H29ClFN3O4S. The third-order valence-corrected chi connectivity index (χ3v) is 10.8. The average molecular weight is 582 g/mol. The predicted molar refractivity (Wildman–Crippen MR) is 149 cm³/mol. The zero-order valence-electron chi connectivity index (χ0n) is 22.1. The van der Waals surface area contributed by atoms with Crippen LogP contribution < -0.4 is 9.47 Å². The number of pyridine rings is 1. The van der Waals surface area contributed by atoms with E-state index in [-0.39, 0.29) is 22.5 Å². The molecule has 0 aliphatic carbocycles. The topological polar surface area (TPSA) is 92.5 Å². The van der Waals surface area contributed by atoms with E-state index in [1.54, 1.807) is 31.3 Å². The Bertz CT molecular complexity index is 1620. The fraction of sp³-hybridized carbons (Fsp3) is 0.400. The summed E-state index contributed by atoms with van der Waals surface area (Å²) in [7, 11) is -3.04. The first kappa shape index (κ1) is 27.0. The second-order valence-corrected chi connectivity index (χ2v) is 13.8. The number of halogens is 2. The van der Waals surface area contributed by atoms with E-state index < -0.39 is 21.4 Å². The van der Waals surface area contributed by atoms with Crippen LogP contribution in [0.15, 0.2) is 48.7 Å². The maximum Gasteiger partial charge on any atom is 0.278 e. The molecule has 7 nitrogen and oxygen atoms in total. The number of nitrogens with zero attached hydrogens (tertiary/aromatic N) is 3. The average Bonchev–Trinajstić information content (AvgIpc) is 3.29. The lowest BCUT2D eigenvalue weighted by atomic mass is 9.88. The van der Waals surface area contributed by atoms with Crippen molar-refractivity contribution >= 4 is 21.4 Å². The summed E-state index contributed by atoms with van der Waals surface area (Å²) in [6.45, 7) is 3.95. The SMILES string of the molecule is C[C@]1(c2ccc(Cl)cc2F)Oc2cccc(C3CCN(Cc4ncc(C#N)cc4CC4CCS4(=O)=O)CC3)c2O1. The van der Waals surface area contributed by atoms with Gasteiger partial charge in [0.2, 0.25) is 0 Å². The van der Waals surface area contributed by atoms with Crippen LogP contribution in [0.25, 0.3) is 0 Å². The number of hydrogen-bond donors (Lipinski definition) is 0. The third-order valence-electron chi connectivity index (χ3n) is 8.30. The van der Waals surface area contributed by atoms with Crippen LogP contribution in [0.5, 0.6) is 11.5 Å². The van der Waals surface area contributed by atoms with Gasteiger partial charge < -0.3 is 9.47 Å². The number of hydrogen-bond acceptors (Lipinski definition) is 7. The highest BCUT2D eigenvalue weighted by Gasteiger charge is 2.43. The Hall–Kier alpha value is -3.19.